The highest BCUT2D eigenvalue weighted by Crippen LogP contribution is 2.19. The summed E-state index contributed by atoms with van der Waals surface area (Å²) in [7, 11) is 0. The van der Waals surface area contributed by atoms with Gasteiger partial charge < -0.3 is 10.6 Å². The lowest BCUT2D eigenvalue weighted by atomic mass is 10.1. The number of benzene rings is 2. The minimum Gasteiger partial charge on any atom is -0.352 e. The zero-order valence-corrected chi connectivity index (χ0v) is 18.9. The van der Waals surface area contributed by atoms with Crippen LogP contribution in [0.5, 0.6) is 0 Å². The van der Waals surface area contributed by atoms with Gasteiger partial charge in [0.15, 0.2) is 0 Å². The van der Waals surface area contributed by atoms with Crippen LogP contribution in [-0.4, -0.2) is 21.6 Å². The van der Waals surface area contributed by atoms with E-state index in [0.29, 0.717) is 12.2 Å². The molecule has 0 saturated heterocycles. The molecule has 0 aliphatic heterocycles. The summed E-state index contributed by atoms with van der Waals surface area (Å²) in [4.78, 5) is 24.7. The van der Waals surface area contributed by atoms with E-state index < -0.39 is 0 Å². The van der Waals surface area contributed by atoms with Crippen LogP contribution >= 0.6 is 0 Å². The second-order valence-electron chi connectivity index (χ2n) is 7.99. The third-order valence-electron chi connectivity index (χ3n) is 5.59. The summed E-state index contributed by atoms with van der Waals surface area (Å²) in [5.41, 5.74) is 4.82. The molecule has 0 aliphatic carbocycles. The highest BCUT2D eigenvalue weighted by molar-refractivity contribution is 5.92. The number of amides is 2. The fraction of sp³-hybridized carbons (Fsp3) is 0.320. The van der Waals surface area contributed by atoms with E-state index in [1.165, 1.54) is 12.1 Å². The number of hydrogen-bond donors (Lipinski definition) is 2. The van der Waals surface area contributed by atoms with E-state index in [9.17, 15) is 14.0 Å². The van der Waals surface area contributed by atoms with E-state index >= 15 is 0 Å². The first-order valence-corrected chi connectivity index (χ1v) is 10.8. The van der Waals surface area contributed by atoms with Crippen LogP contribution in [0.1, 0.15) is 42.8 Å². The van der Waals surface area contributed by atoms with Gasteiger partial charge in [-0.1, -0.05) is 26.0 Å². The molecule has 0 aliphatic rings. The standard InChI is InChI=1S/C25H29FN4O2/c1-5-16(2)25(32)28-21-8-6-7-19(13-21)15-27-24(31)14-23-17(3)29-30(18(23)4)22-11-9-20(26)10-12-22/h6-13,16H,5,14-15H2,1-4H3,(H,27,31)(H,28,32). The molecule has 1 atom stereocenters. The smallest absolute Gasteiger partial charge is 0.227 e. The number of nitrogens with zero attached hydrogens (tertiary/aromatic N) is 2. The van der Waals surface area contributed by atoms with Gasteiger partial charge >= 0.3 is 0 Å². The summed E-state index contributed by atoms with van der Waals surface area (Å²) in [5.74, 6) is -0.499. The molecule has 168 valence electrons. The lowest BCUT2D eigenvalue weighted by molar-refractivity contribution is -0.121. The minimum absolute atomic E-state index is 0.0159. The van der Waals surface area contributed by atoms with E-state index in [2.05, 4.69) is 15.7 Å². The van der Waals surface area contributed by atoms with Gasteiger partial charge in [-0.25, -0.2) is 9.07 Å². The van der Waals surface area contributed by atoms with E-state index in [4.69, 9.17) is 0 Å². The molecule has 3 rings (SSSR count). The number of carbonyl (C=O) groups is 2. The van der Waals surface area contributed by atoms with Crippen molar-refractivity contribution in [3.05, 3.63) is 76.9 Å². The van der Waals surface area contributed by atoms with Crippen molar-refractivity contribution in [3.8, 4) is 5.69 Å². The number of aryl methyl sites for hydroxylation is 1. The van der Waals surface area contributed by atoms with Gasteiger partial charge in [-0.15, -0.1) is 0 Å². The van der Waals surface area contributed by atoms with Crippen LogP contribution in [0.4, 0.5) is 10.1 Å². The lowest BCUT2D eigenvalue weighted by Crippen LogP contribution is -2.25. The Morgan fingerprint density at radius 2 is 1.84 bits per heavy atom. The largest absolute Gasteiger partial charge is 0.352 e. The maximum Gasteiger partial charge on any atom is 0.227 e. The Balaban J connectivity index is 1.63. The van der Waals surface area contributed by atoms with Crippen molar-refractivity contribution < 1.29 is 14.0 Å². The average Bonchev–Trinajstić information content (AvgIpc) is 3.06. The van der Waals surface area contributed by atoms with Gasteiger partial charge in [-0.05, 0) is 62.2 Å². The van der Waals surface area contributed by atoms with E-state index in [-0.39, 0.29) is 30.0 Å². The van der Waals surface area contributed by atoms with Crippen LogP contribution in [0.2, 0.25) is 0 Å². The Hall–Kier alpha value is -3.48. The Bertz CT molecular complexity index is 1110. The molecule has 2 aromatic carbocycles. The normalized spacial score (nSPS) is 11.8. The Kier molecular flexibility index (Phi) is 7.41. The predicted octanol–water partition coefficient (Wildman–Crippen LogP) is 4.47. The van der Waals surface area contributed by atoms with Crippen molar-refractivity contribution in [1.29, 1.82) is 0 Å². The summed E-state index contributed by atoms with van der Waals surface area (Å²) in [6.07, 6.45) is 0.974. The fourth-order valence-corrected chi connectivity index (χ4v) is 3.40. The molecule has 32 heavy (non-hydrogen) atoms. The first-order valence-electron chi connectivity index (χ1n) is 10.8. The number of anilines is 1. The van der Waals surface area contributed by atoms with Crippen molar-refractivity contribution in [2.45, 2.75) is 47.1 Å². The van der Waals surface area contributed by atoms with Gasteiger partial charge in [-0.2, -0.15) is 5.10 Å². The van der Waals surface area contributed by atoms with E-state index in [0.717, 1.165) is 34.6 Å². The first kappa shape index (κ1) is 23.2. The molecule has 0 saturated carbocycles. The van der Waals surface area contributed by atoms with Crippen molar-refractivity contribution in [3.63, 3.8) is 0 Å². The molecule has 1 heterocycles. The van der Waals surface area contributed by atoms with Gasteiger partial charge in [0.25, 0.3) is 0 Å². The van der Waals surface area contributed by atoms with E-state index in [1.807, 2.05) is 52.0 Å². The van der Waals surface area contributed by atoms with Crippen LogP contribution in [-0.2, 0) is 22.6 Å². The number of rotatable bonds is 8. The average molecular weight is 437 g/mol. The van der Waals surface area contributed by atoms with Crippen LogP contribution < -0.4 is 10.6 Å². The maximum absolute atomic E-state index is 13.2. The number of halogens is 1. The summed E-state index contributed by atoms with van der Waals surface area (Å²) >= 11 is 0. The number of hydrogen-bond acceptors (Lipinski definition) is 3. The second kappa shape index (κ2) is 10.2. The molecule has 7 heteroatoms. The van der Waals surface area contributed by atoms with Crippen LogP contribution in [0.3, 0.4) is 0 Å². The minimum atomic E-state index is -0.307. The number of nitrogens with one attached hydrogen (secondary N) is 2. The first-order chi connectivity index (χ1) is 15.3. The molecule has 3 aromatic rings. The quantitative estimate of drug-likeness (QED) is 0.547. The van der Waals surface area contributed by atoms with Gasteiger partial charge in [0.05, 0.1) is 17.8 Å². The van der Waals surface area contributed by atoms with Crippen molar-refractivity contribution in [2.75, 3.05) is 5.32 Å². The molecule has 0 radical (unpaired) electrons. The highest BCUT2D eigenvalue weighted by Gasteiger charge is 2.16. The summed E-state index contributed by atoms with van der Waals surface area (Å²) in [6.45, 7) is 7.98. The van der Waals surface area contributed by atoms with Crippen molar-refractivity contribution >= 4 is 17.5 Å². The summed E-state index contributed by atoms with van der Waals surface area (Å²) in [6, 6.07) is 13.6. The van der Waals surface area contributed by atoms with Crippen molar-refractivity contribution in [1.82, 2.24) is 15.1 Å². The topological polar surface area (TPSA) is 76.0 Å². The molecular formula is C25H29FN4O2. The van der Waals surface area contributed by atoms with Gasteiger partial charge in [-0.3, -0.25) is 9.59 Å². The van der Waals surface area contributed by atoms with E-state index in [1.54, 1.807) is 16.8 Å². The zero-order valence-electron chi connectivity index (χ0n) is 18.9. The van der Waals surface area contributed by atoms with Crippen molar-refractivity contribution in [2.24, 2.45) is 5.92 Å². The molecule has 0 spiro atoms. The van der Waals surface area contributed by atoms with Crippen LogP contribution in [0.25, 0.3) is 5.69 Å². The van der Waals surface area contributed by atoms with Gasteiger partial charge in [0.2, 0.25) is 11.8 Å². The molecule has 0 bridgehead atoms. The Morgan fingerprint density at radius 1 is 1.12 bits per heavy atom. The second-order valence-corrected chi connectivity index (χ2v) is 7.99. The lowest BCUT2D eigenvalue weighted by Gasteiger charge is -2.11. The molecule has 2 amide bonds. The monoisotopic (exact) mass is 436 g/mol. The number of carbonyl (C=O) groups excluding carboxylic acids is 2. The maximum atomic E-state index is 13.2. The summed E-state index contributed by atoms with van der Waals surface area (Å²) in [5, 5.41) is 10.4. The van der Waals surface area contributed by atoms with Crippen LogP contribution in [0.15, 0.2) is 48.5 Å². The molecule has 0 fully saturated rings. The SMILES string of the molecule is CCC(C)C(=O)Nc1cccc(CNC(=O)Cc2c(C)nn(-c3ccc(F)cc3)c2C)c1. The molecule has 1 unspecified atom stereocenters. The summed E-state index contributed by atoms with van der Waals surface area (Å²) < 4.78 is 14.9. The predicted molar refractivity (Wildman–Crippen MR) is 123 cm³/mol. The molecule has 1 aromatic heterocycles. The zero-order chi connectivity index (χ0) is 23.3. The molecule has 6 nitrogen and oxygen atoms in total. The fourth-order valence-electron chi connectivity index (χ4n) is 3.40. The Morgan fingerprint density at radius 3 is 2.53 bits per heavy atom. The molecule has 2 N–H and O–H groups in total. The third kappa shape index (κ3) is 5.60. The Labute approximate surface area is 187 Å². The van der Waals surface area contributed by atoms with Gasteiger partial charge in [0.1, 0.15) is 5.82 Å². The van der Waals surface area contributed by atoms with Crippen LogP contribution in [0, 0.1) is 25.6 Å². The number of aromatic nitrogens is 2. The van der Waals surface area contributed by atoms with Gasteiger partial charge in [0, 0.05) is 29.4 Å². The highest BCUT2D eigenvalue weighted by atomic mass is 19.1. The third-order valence-corrected chi connectivity index (χ3v) is 5.59. The molecular weight excluding hydrogens is 407 g/mol.